The van der Waals surface area contributed by atoms with E-state index in [4.69, 9.17) is 11.6 Å². The number of carbonyl (C=O) groups excluding carboxylic acids is 1. The Morgan fingerprint density at radius 2 is 2.58 bits per heavy atom. The summed E-state index contributed by atoms with van der Waals surface area (Å²) < 4.78 is 4.26. The molecule has 1 heterocycles. The Morgan fingerprint density at radius 1 is 1.75 bits per heavy atom. The van der Waals surface area contributed by atoms with Crippen molar-refractivity contribution in [3.8, 4) is 0 Å². The van der Waals surface area contributed by atoms with E-state index >= 15 is 0 Å². The Labute approximate surface area is 74.0 Å². The van der Waals surface area contributed by atoms with Crippen molar-refractivity contribution in [3.05, 3.63) is 11.9 Å². The summed E-state index contributed by atoms with van der Waals surface area (Å²) in [5.74, 6) is 0.235. The van der Waals surface area contributed by atoms with Gasteiger partial charge in [-0.2, -0.15) is 0 Å². The van der Waals surface area contributed by atoms with E-state index in [1.807, 2.05) is 0 Å². The van der Waals surface area contributed by atoms with Crippen LogP contribution in [0.1, 0.15) is 16.9 Å². The summed E-state index contributed by atoms with van der Waals surface area (Å²) in [7, 11) is 0. The summed E-state index contributed by atoms with van der Waals surface area (Å²) in [5, 5.41) is 9.26. The van der Waals surface area contributed by atoms with E-state index in [0.29, 0.717) is 12.4 Å². The van der Waals surface area contributed by atoms with Gasteiger partial charge in [0.2, 0.25) is 0 Å². The van der Waals surface area contributed by atoms with Crippen molar-refractivity contribution in [1.82, 2.24) is 15.6 Å². The van der Waals surface area contributed by atoms with Crippen molar-refractivity contribution in [2.45, 2.75) is 6.42 Å². The van der Waals surface area contributed by atoms with Gasteiger partial charge in [0.1, 0.15) is 6.20 Å². The van der Waals surface area contributed by atoms with Gasteiger partial charge in [0.15, 0.2) is 5.69 Å². The van der Waals surface area contributed by atoms with Gasteiger partial charge in [-0.15, -0.1) is 11.6 Å². The van der Waals surface area contributed by atoms with E-state index in [1.54, 1.807) is 0 Å². The number of aromatic nitrogens is 2. The quantitative estimate of drug-likeness (QED) is 0.551. The van der Waals surface area contributed by atoms with E-state index in [1.165, 1.54) is 6.20 Å². The molecule has 0 unspecified atom stereocenters. The minimum Gasteiger partial charge on any atom is -0.350 e. The first-order valence-electron chi connectivity index (χ1n) is 3.46. The highest BCUT2D eigenvalue weighted by Gasteiger charge is 2.07. The third kappa shape index (κ3) is 2.50. The minimum absolute atomic E-state index is 0.185. The summed E-state index contributed by atoms with van der Waals surface area (Å²) >= 11 is 5.41. The molecule has 0 fully saturated rings. The third-order valence-corrected chi connectivity index (χ3v) is 1.46. The fourth-order valence-corrected chi connectivity index (χ4v) is 0.758. The predicted molar refractivity (Wildman–Crippen MR) is 42.0 cm³/mol. The Balaban J connectivity index is 2.30. The molecule has 0 saturated carbocycles. The highest BCUT2D eigenvalue weighted by molar-refractivity contribution is 6.17. The Hall–Kier alpha value is -1.10. The molecule has 0 atom stereocenters. The second-order valence-electron chi connectivity index (χ2n) is 2.09. The molecule has 0 aliphatic rings. The summed E-state index contributed by atoms with van der Waals surface area (Å²) in [6.45, 7) is 0.537. The van der Waals surface area contributed by atoms with Crippen LogP contribution in [0.25, 0.3) is 0 Å². The molecule has 0 saturated heterocycles. The second-order valence-corrected chi connectivity index (χ2v) is 2.47. The van der Waals surface area contributed by atoms with Crippen LogP contribution in [0.5, 0.6) is 0 Å². The Morgan fingerprint density at radius 3 is 3.17 bits per heavy atom. The van der Waals surface area contributed by atoms with E-state index in [-0.39, 0.29) is 11.6 Å². The predicted octanol–water partition coefficient (Wildman–Crippen LogP) is 0.428. The maximum atomic E-state index is 11.1. The lowest BCUT2D eigenvalue weighted by molar-refractivity contribution is 0.0944. The highest BCUT2D eigenvalue weighted by Crippen LogP contribution is 1.90. The molecular formula is C6H8ClN3O2. The number of halogens is 1. The largest absolute Gasteiger partial charge is 0.350 e. The molecule has 1 aromatic rings. The van der Waals surface area contributed by atoms with Crippen molar-refractivity contribution >= 4 is 17.5 Å². The summed E-state index contributed by atoms with van der Waals surface area (Å²) in [6, 6.07) is 0. The molecule has 0 radical (unpaired) electrons. The number of nitrogens with zero attached hydrogens (tertiary/aromatic N) is 2. The van der Waals surface area contributed by atoms with Crippen LogP contribution >= 0.6 is 11.6 Å². The lowest BCUT2D eigenvalue weighted by atomic mass is 10.4. The highest BCUT2D eigenvalue weighted by atomic mass is 35.5. The number of hydrogen-bond donors (Lipinski definition) is 1. The molecule has 1 aromatic heterocycles. The SMILES string of the molecule is O=C(NCCCCl)c1cnon1. The Kier molecular flexibility index (Phi) is 3.53. The van der Waals surface area contributed by atoms with Crippen LogP contribution < -0.4 is 5.32 Å². The maximum Gasteiger partial charge on any atom is 0.275 e. The molecule has 0 aliphatic carbocycles. The summed E-state index contributed by atoms with van der Waals surface area (Å²) in [4.78, 5) is 11.1. The fourth-order valence-electron chi connectivity index (χ4n) is 0.624. The van der Waals surface area contributed by atoms with Crippen molar-refractivity contribution in [2.75, 3.05) is 12.4 Å². The molecule has 1 amide bonds. The van der Waals surface area contributed by atoms with E-state index in [9.17, 15) is 4.79 Å². The van der Waals surface area contributed by atoms with Gasteiger partial charge in [0, 0.05) is 12.4 Å². The van der Waals surface area contributed by atoms with Gasteiger partial charge in [0.05, 0.1) is 0 Å². The number of alkyl halides is 1. The minimum atomic E-state index is -0.290. The molecule has 1 N–H and O–H groups in total. The van der Waals surface area contributed by atoms with Crippen LogP contribution in [0.4, 0.5) is 0 Å². The monoisotopic (exact) mass is 189 g/mol. The van der Waals surface area contributed by atoms with Gasteiger partial charge in [-0.05, 0) is 11.6 Å². The lowest BCUT2D eigenvalue weighted by Crippen LogP contribution is -2.24. The fraction of sp³-hybridized carbons (Fsp3) is 0.500. The van der Waals surface area contributed by atoms with Gasteiger partial charge in [-0.3, -0.25) is 4.79 Å². The summed E-state index contributed by atoms with van der Waals surface area (Å²) in [5.41, 5.74) is 0.185. The maximum absolute atomic E-state index is 11.1. The number of rotatable bonds is 4. The van der Waals surface area contributed by atoms with Crippen LogP contribution in [-0.2, 0) is 0 Å². The zero-order chi connectivity index (χ0) is 8.81. The average molecular weight is 190 g/mol. The van der Waals surface area contributed by atoms with E-state index < -0.39 is 0 Å². The topological polar surface area (TPSA) is 68.0 Å². The molecule has 1 rings (SSSR count). The molecule has 12 heavy (non-hydrogen) atoms. The number of carbonyl (C=O) groups is 1. The molecule has 0 bridgehead atoms. The van der Waals surface area contributed by atoms with Gasteiger partial charge >= 0.3 is 0 Å². The standard InChI is InChI=1S/C6H8ClN3O2/c7-2-1-3-8-6(11)5-4-9-12-10-5/h4H,1-3H2,(H,8,11). The van der Waals surface area contributed by atoms with Gasteiger partial charge in [-0.1, -0.05) is 5.16 Å². The zero-order valence-corrected chi connectivity index (χ0v) is 7.04. The lowest BCUT2D eigenvalue weighted by Gasteiger charge is -1.98. The van der Waals surface area contributed by atoms with Crippen LogP contribution in [0.3, 0.4) is 0 Å². The molecule has 0 aromatic carbocycles. The second kappa shape index (κ2) is 4.71. The van der Waals surface area contributed by atoms with Crippen LogP contribution in [0.15, 0.2) is 10.8 Å². The van der Waals surface area contributed by atoms with Crippen LogP contribution in [0, 0.1) is 0 Å². The zero-order valence-electron chi connectivity index (χ0n) is 6.29. The smallest absolute Gasteiger partial charge is 0.275 e. The third-order valence-electron chi connectivity index (χ3n) is 1.19. The number of hydrogen-bond acceptors (Lipinski definition) is 4. The normalized spacial score (nSPS) is 9.75. The molecule has 0 spiro atoms. The van der Waals surface area contributed by atoms with Crippen molar-refractivity contribution < 1.29 is 9.42 Å². The van der Waals surface area contributed by atoms with Crippen molar-refractivity contribution in [1.29, 1.82) is 0 Å². The first kappa shape index (κ1) is 8.99. The van der Waals surface area contributed by atoms with Crippen molar-refractivity contribution in [2.24, 2.45) is 0 Å². The van der Waals surface area contributed by atoms with Gasteiger partial charge in [0.25, 0.3) is 5.91 Å². The van der Waals surface area contributed by atoms with Crippen molar-refractivity contribution in [3.63, 3.8) is 0 Å². The van der Waals surface area contributed by atoms with E-state index in [2.05, 4.69) is 20.3 Å². The molecule has 0 aliphatic heterocycles. The van der Waals surface area contributed by atoms with Gasteiger partial charge in [-0.25, -0.2) is 4.63 Å². The first-order valence-corrected chi connectivity index (χ1v) is 4.00. The van der Waals surface area contributed by atoms with Gasteiger partial charge < -0.3 is 5.32 Å². The average Bonchev–Trinajstić information content (AvgIpc) is 2.56. The molecule has 66 valence electrons. The molecular weight excluding hydrogens is 182 g/mol. The summed E-state index contributed by atoms with van der Waals surface area (Å²) in [6.07, 6.45) is 1.99. The Bertz CT molecular complexity index is 237. The first-order chi connectivity index (χ1) is 5.84. The molecule has 6 heteroatoms. The van der Waals surface area contributed by atoms with Crippen LogP contribution in [-0.4, -0.2) is 28.6 Å². The van der Waals surface area contributed by atoms with E-state index in [0.717, 1.165) is 6.42 Å². The number of amides is 1. The molecule has 5 nitrogen and oxygen atoms in total. The number of nitrogens with one attached hydrogen (secondary N) is 1. The van der Waals surface area contributed by atoms with Crippen LogP contribution in [0.2, 0.25) is 0 Å².